The molecule has 2 atom stereocenters. The summed E-state index contributed by atoms with van der Waals surface area (Å²) in [5.41, 5.74) is 2.24. The number of esters is 1. The molecule has 0 aliphatic heterocycles. The van der Waals surface area contributed by atoms with E-state index in [4.69, 9.17) is 4.74 Å². The largest absolute Gasteiger partial charge is 0.459 e. The fourth-order valence-corrected chi connectivity index (χ4v) is 2.38. The van der Waals surface area contributed by atoms with Gasteiger partial charge in [0.05, 0.1) is 0 Å². The van der Waals surface area contributed by atoms with E-state index >= 15 is 0 Å². The molecule has 0 saturated heterocycles. The first-order chi connectivity index (χ1) is 10.4. The third-order valence-corrected chi connectivity index (χ3v) is 3.37. The molecule has 0 bridgehead atoms. The van der Waals surface area contributed by atoms with Crippen molar-refractivity contribution in [2.24, 2.45) is 11.8 Å². The number of ether oxygens (including phenoxy) is 1. The molecule has 0 amide bonds. The molecular weight excluding hydrogens is 272 g/mol. The van der Waals surface area contributed by atoms with Crippen LogP contribution in [0, 0.1) is 11.8 Å². The zero-order valence-electron chi connectivity index (χ0n) is 14.4. The van der Waals surface area contributed by atoms with Crippen LogP contribution in [0.25, 0.3) is 6.08 Å². The predicted octanol–water partition coefficient (Wildman–Crippen LogP) is 5.26. The van der Waals surface area contributed by atoms with Gasteiger partial charge in [-0.05, 0) is 37.8 Å². The summed E-state index contributed by atoms with van der Waals surface area (Å²) in [5, 5.41) is 0. The smallest absolute Gasteiger partial charge is 0.331 e. The lowest BCUT2D eigenvalue weighted by molar-refractivity contribution is -0.145. The average Bonchev–Trinajstić information content (AvgIpc) is 2.44. The number of rotatable bonds is 7. The molecule has 0 aromatic heterocycles. The Balaban J connectivity index is 2.70. The van der Waals surface area contributed by atoms with Crippen LogP contribution >= 0.6 is 0 Å². The Morgan fingerprint density at radius 2 is 1.77 bits per heavy atom. The molecule has 120 valence electrons. The minimum atomic E-state index is -0.275. The summed E-state index contributed by atoms with van der Waals surface area (Å²) >= 11 is 0. The van der Waals surface area contributed by atoms with Gasteiger partial charge in [-0.25, -0.2) is 4.79 Å². The zero-order valence-corrected chi connectivity index (χ0v) is 14.4. The van der Waals surface area contributed by atoms with E-state index in [9.17, 15) is 4.79 Å². The Kier molecular flexibility index (Phi) is 7.65. The third-order valence-electron chi connectivity index (χ3n) is 3.37. The van der Waals surface area contributed by atoms with E-state index < -0.39 is 0 Å². The molecule has 1 aromatic rings. The maximum atomic E-state index is 12.1. The van der Waals surface area contributed by atoms with E-state index in [0.717, 1.165) is 12.0 Å². The fourth-order valence-electron chi connectivity index (χ4n) is 2.38. The van der Waals surface area contributed by atoms with E-state index in [2.05, 4.69) is 40.7 Å². The first-order valence-electron chi connectivity index (χ1n) is 7.97. The first-order valence-corrected chi connectivity index (χ1v) is 7.97. The van der Waals surface area contributed by atoms with E-state index in [1.165, 1.54) is 11.6 Å². The van der Waals surface area contributed by atoms with Gasteiger partial charge in [0, 0.05) is 12.0 Å². The molecule has 1 aromatic carbocycles. The van der Waals surface area contributed by atoms with Crippen LogP contribution in [0.3, 0.4) is 0 Å². The maximum absolute atomic E-state index is 12.1. The van der Waals surface area contributed by atoms with Crippen molar-refractivity contribution in [3.8, 4) is 0 Å². The van der Waals surface area contributed by atoms with Crippen molar-refractivity contribution in [1.29, 1.82) is 0 Å². The highest BCUT2D eigenvalue weighted by Gasteiger charge is 2.20. The summed E-state index contributed by atoms with van der Waals surface area (Å²) in [6, 6.07) is 9.77. The topological polar surface area (TPSA) is 26.3 Å². The van der Waals surface area contributed by atoms with Crippen LogP contribution in [0.1, 0.15) is 46.6 Å². The number of allylic oxidation sites excluding steroid dienone is 1. The normalized spacial score (nSPS) is 13.9. The zero-order chi connectivity index (χ0) is 16.5. The van der Waals surface area contributed by atoms with Crippen molar-refractivity contribution in [2.45, 2.75) is 47.1 Å². The number of hydrogen-bond donors (Lipinski definition) is 0. The van der Waals surface area contributed by atoms with Gasteiger partial charge < -0.3 is 4.74 Å². The van der Waals surface area contributed by atoms with Crippen molar-refractivity contribution in [3.63, 3.8) is 0 Å². The molecule has 0 heterocycles. The van der Waals surface area contributed by atoms with Crippen LogP contribution in [-0.2, 0) is 9.53 Å². The third kappa shape index (κ3) is 7.26. The molecule has 0 aliphatic carbocycles. The highest BCUT2D eigenvalue weighted by Crippen LogP contribution is 2.20. The van der Waals surface area contributed by atoms with Crippen LogP contribution in [0.2, 0.25) is 0 Å². The van der Waals surface area contributed by atoms with E-state index in [1.54, 1.807) is 6.08 Å². The van der Waals surface area contributed by atoms with Crippen LogP contribution in [-0.4, -0.2) is 12.1 Å². The second-order valence-corrected chi connectivity index (χ2v) is 6.45. The molecule has 2 nitrogen and oxygen atoms in total. The molecule has 22 heavy (non-hydrogen) atoms. The van der Waals surface area contributed by atoms with Crippen molar-refractivity contribution in [3.05, 3.63) is 53.6 Å². The average molecular weight is 300 g/mol. The van der Waals surface area contributed by atoms with Gasteiger partial charge >= 0.3 is 5.97 Å². The Morgan fingerprint density at radius 1 is 1.14 bits per heavy atom. The Labute approximate surface area is 134 Å². The second kappa shape index (κ2) is 9.24. The number of carbonyl (C=O) groups is 1. The molecule has 0 fully saturated rings. The molecule has 0 radical (unpaired) electrons. The summed E-state index contributed by atoms with van der Waals surface area (Å²) in [7, 11) is 0. The summed E-state index contributed by atoms with van der Waals surface area (Å²) in [6.07, 6.45) is 6.26. The lowest BCUT2D eigenvalue weighted by atomic mass is 9.94. The van der Waals surface area contributed by atoms with Crippen molar-refractivity contribution >= 4 is 12.0 Å². The molecule has 0 N–H and O–H groups in total. The molecular formula is C20H28O2. The highest BCUT2D eigenvalue weighted by molar-refractivity contribution is 5.87. The fraction of sp³-hybridized carbons (Fsp3) is 0.450. The standard InChI is InChI=1S/C20H28O2/c1-15(2)13-17(5)19(14-16(3)4)22-20(21)12-11-18-9-7-6-8-10-18/h6-13,16-17,19H,14H2,1-5H3/b12-11+. The summed E-state index contributed by atoms with van der Waals surface area (Å²) < 4.78 is 5.68. The SMILES string of the molecule is CC(C)=CC(C)C(CC(C)C)OC(=O)/C=C/c1ccccc1. The van der Waals surface area contributed by atoms with Gasteiger partial charge in [-0.3, -0.25) is 0 Å². The van der Waals surface area contributed by atoms with Gasteiger partial charge in [-0.15, -0.1) is 0 Å². The van der Waals surface area contributed by atoms with E-state index in [1.807, 2.05) is 30.3 Å². The molecule has 2 unspecified atom stereocenters. The quantitative estimate of drug-likeness (QED) is 0.390. The second-order valence-electron chi connectivity index (χ2n) is 6.45. The highest BCUT2D eigenvalue weighted by atomic mass is 16.5. The minimum Gasteiger partial charge on any atom is -0.459 e. The van der Waals surface area contributed by atoms with Gasteiger partial charge in [-0.1, -0.05) is 62.8 Å². The molecule has 1 rings (SSSR count). The monoisotopic (exact) mass is 300 g/mol. The Morgan fingerprint density at radius 3 is 2.32 bits per heavy atom. The molecule has 0 spiro atoms. The van der Waals surface area contributed by atoms with Crippen molar-refractivity contribution < 1.29 is 9.53 Å². The van der Waals surface area contributed by atoms with Crippen molar-refractivity contribution in [1.82, 2.24) is 0 Å². The Hall–Kier alpha value is -1.83. The minimum absolute atomic E-state index is 0.0807. The molecule has 0 saturated carbocycles. The van der Waals surface area contributed by atoms with E-state index in [-0.39, 0.29) is 18.0 Å². The molecule has 0 aliphatic rings. The molecule has 2 heteroatoms. The van der Waals surface area contributed by atoms with Crippen LogP contribution in [0.5, 0.6) is 0 Å². The van der Waals surface area contributed by atoms with Crippen LogP contribution in [0.15, 0.2) is 48.1 Å². The van der Waals surface area contributed by atoms with Gasteiger partial charge in [0.2, 0.25) is 0 Å². The maximum Gasteiger partial charge on any atom is 0.331 e. The summed E-state index contributed by atoms with van der Waals surface area (Å²) in [6.45, 7) is 10.5. The number of benzene rings is 1. The van der Waals surface area contributed by atoms with Gasteiger partial charge in [0.15, 0.2) is 0 Å². The number of carbonyl (C=O) groups excluding carboxylic acids is 1. The first kappa shape index (κ1) is 18.2. The van der Waals surface area contributed by atoms with Gasteiger partial charge in [0.25, 0.3) is 0 Å². The predicted molar refractivity (Wildman–Crippen MR) is 93.4 cm³/mol. The van der Waals surface area contributed by atoms with Crippen molar-refractivity contribution in [2.75, 3.05) is 0 Å². The van der Waals surface area contributed by atoms with Crippen LogP contribution < -0.4 is 0 Å². The lowest BCUT2D eigenvalue weighted by Gasteiger charge is -2.23. The van der Waals surface area contributed by atoms with Crippen LogP contribution in [0.4, 0.5) is 0 Å². The van der Waals surface area contributed by atoms with E-state index in [0.29, 0.717) is 5.92 Å². The summed E-state index contributed by atoms with van der Waals surface area (Å²) in [4.78, 5) is 12.1. The van der Waals surface area contributed by atoms with Gasteiger partial charge in [-0.2, -0.15) is 0 Å². The number of hydrogen-bond acceptors (Lipinski definition) is 2. The summed E-state index contributed by atoms with van der Waals surface area (Å²) in [5.74, 6) is 0.439. The lowest BCUT2D eigenvalue weighted by Crippen LogP contribution is -2.25. The van der Waals surface area contributed by atoms with Gasteiger partial charge in [0.1, 0.15) is 6.10 Å². The Bertz CT molecular complexity index is 508.